The maximum Gasteiger partial charge on any atom is 0.325 e. The molecule has 110 valence electrons. The van der Waals surface area contributed by atoms with Crippen molar-refractivity contribution in [2.75, 3.05) is 26.9 Å². The first-order chi connectivity index (χ1) is 9.19. The quantitative estimate of drug-likeness (QED) is 0.498. The zero-order chi connectivity index (χ0) is 14.1. The van der Waals surface area contributed by atoms with Gasteiger partial charge in [-0.05, 0) is 26.2 Å². The molecule has 0 spiro atoms. The van der Waals surface area contributed by atoms with E-state index in [-0.39, 0.29) is 24.5 Å². The Morgan fingerprint density at radius 2 is 1.95 bits per heavy atom. The molecule has 1 amide bonds. The van der Waals surface area contributed by atoms with Gasteiger partial charge in [-0.2, -0.15) is 0 Å². The fourth-order valence-electron chi connectivity index (χ4n) is 2.45. The summed E-state index contributed by atoms with van der Waals surface area (Å²) >= 11 is 0. The van der Waals surface area contributed by atoms with Crippen molar-refractivity contribution in [3.8, 4) is 0 Å². The normalized spacial score (nSPS) is 15.5. The molecule has 1 aliphatic carbocycles. The molecule has 1 saturated carbocycles. The maximum atomic E-state index is 12.2. The van der Waals surface area contributed by atoms with Gasteiger partial charge in [0.2, 0.25) is 5.91 Å². The summed E-state index contributed by atoms with van der Waals surface area (Å²) in [6.07, 6.45) is 5.40. The van der Waals surface area contributed by atoms with E-state index in [1.807, 2.05) is 6.92 Å². The topological polar surface area (TPSA) is 55.8 Å². The van der Waals surface area contributed by atoms with Gasteiger partial charge in [0.1, 0.15) is 6.54 Å². The molecule has 0 aromatic carbocycles. The Kier molecular flexibility index (Phi) is 7.48. The largest absolute Gasteiger partial charge is 0.468 e. The van der Waals surface area contributed by atoms with Crippen molar-refractivity contribution >= 4 is 11.9 Å². The predicted molar refractivity (Wildman–Crippen MR) is 71.7 cm³/mol. The average molecular weight is 271 g/mol. The van der Waals surface area contributed by atoms with E-state index in [1.165, 1.54) is 7.11 Å². The van der Waals surface area contributed by atoms with Crippen molar-refractivity contribution in [2.45, 2.75) is 51.5 Å². The van der Waals surface area contributed by atoms with Crippen molar-refractivity contribution in [3.63, 3.8) is 0 Å². The lowest BCUT2D eigenvalue weighted by atomic mass is 10.2. The second-order valence-electron chi connectivity index (χ2n) is 4.84. The van der Waals surface area contributed by atoms with Crippen molar-refractivity contribution in [3.05, 3.63) is 0 Å². The van der Waals surface area contributed by atoms with E-state index in [0.29, 0.717) is 26.1 Å². The minimum atomic E-state index is -0.343. The molecule has 0 aromatic rings. The summed E-state index contributed by atoms with van der Waals surface area (Å²) in [7, 11) is 1.36. The van der Waals surface area contributed by atoms with Crippen LogP contribution in [0.2, 0.25) is 0 Å². The third kappa shape index (κ3) is 5.59. The summed E-state index contributed by atoms with van der Waals surface area (Å²) in [4.78, 5) is 25.3. The van der Waals surface area contributed by atoms with Gasteiger partial charge in [0.25, 0.3) is 0 Å². The number of rotatable bonds is 8. The van der Waals surface area contributed by atoms with Crippen LogP contribution >= 0.6 is 0 Å². The lowest BCUT2D eigenvalue weighted by molar-refractivity contribution is -0.148. The first-order valence-corrected chi connectivity index (χ1v) is 7.13. The summed E-state index contributed by atoms with van der Waals surface area (Å²) in [6.45, 7) is 3.28. The molecule has 1 aliphatic rings. The molecule has 0 saturated heterocycles. The van der Waals surface area contributed by atoms with Crippen LogP contribution in [0.25, 0.3) is 0 Å². The minimum Gasteiger partial charge on any atom is -0.468 e. The van der Waals surface area contributed by atoms with Crippen molar-refractivity contribution < 1.29 is 19.1 Å². The SMILES string of the molecule is CCOCCCC(=O)N(CC(=O)OC)C1CCCC1. The number of methoxy groups -OCH3 is 1. The molecule has 0 bridgehead atoms. The highest BCUT2D eigenvalue weighted by molar-refractivity contribution is 5.82. The van der Waals surface area contributed by atoms with Gasteiger partial charge in [-0.25, -0.2) is 0 Å². The molecular weight excluding hydrogens is 246 g/mol. The summed E-state index contributed by atoms with van der Waals surface area (Å²) < 4.78 is 9.90. The van der Waals surface area contributed by atoms with Crippen molar-refractivity contribution in [1.29, 1.82) is 0 Å². The van der Waals surface area contributed by atoms with E-state index in [0.717, 1.165) is 25.7 Å². The average Bonchev–Trinajstić information content (AvgIpc) is 2.94. The Morgan fingerprint density at radius 3 is 2.53 bits per heavy atom. The predicted octanol–water partition coefficient (Wildman–Crippen LogP) is 1.75. The monoisotopic (exact) mass is 271 g/mol. The second-order valence-corrected chi connectivity index (χ2v) is 4.84. The van der Waals surface area contributed by atoms with Crippen molar-refractivity contribution in [2.24, 2.45) is 0 Å². The van der Waals surface area contributed by atoms with Crippen LogP contribution in [-0.2, 0) is 19.1 Å². The molecular formula is C14H25NO4. The van der Waals surface area contributed by atoms with Gasteiger partial charge in [-0.1, -0.05) is 12.8 Å². The second kappa shape index (κ2) is 8.91. The van der Waals surface area contributed by atoms with Gasteiger partial charge in [0.05, 0.1) is 7.11 Å². The third-order valence-corrected chi connectivity index (χ3v) is 3.50. The Hall–Kier alpha value is -1.10. The van der Waals surface area contributed by atoms with E-state index in [2.05, 4.69) is 4.74 Å². The molecule has 0 aromatic heterocycles. The fourth-order valence-corrected chi connectivity index (χ4v) is 2.45. The Labute approximate surface area is 115 Å². The summed E-state index contributed by atoms with van der Waals surface area (Å²) in [6, 6.07) is 0.207. The third-order valence-electron chi connectivity index (χ3n) is 3.50. The van der Waals surface area contributed by atoms with Crippen LogP contribution in [0.15, 0.2) is 0 Å². The Morgan fingerprint density at radius 1 is 1.26 bits per heavy atom. The van der Waals surface area contributed by atoms with Gasteiger partial charge in [0, 0.05) is 25.7 Å². The number of nitrogens with zero attached hydrogens (tertiary/aromatic N) is 1. The van der Waals surface area contributed by atoms with Crippen LogP contribution in [-0.4, -0.2) is 49.7 Å². The number of ether oxygens (including phenoxy) is 2. The number of amides is 1. The van der Waals surface area contributed by atoms with E-state index < -0.39 is 0 Å². The lowest BCUT2D eigenvalue weighted by Gasteiger charge is -2.28. The van der Waals surface area contributed by atoms with Crippen LogP contribution in [0.5, 0.6) is 0 Å². The zero-order valence-corrected chi connectivity index (χ0v) is 12.0. The molecule has 19 heavy (non-hydrogen) atoms. The molecule has 0 unspecified atom stereocenters. The molecule has 1 fully saturated rings. The van der Waals surface area contributed by atoms with Crippen LogP contribution in [0, 0.1) is 0 Å². The molecule has 0 N–H and O–H groups in total. The molecule has 5 nitrogen and oxygen atoms in total. The molecule has 0 aliphatic heterocycles. The van der Waals surface area contributed by atoms with Gasteiger partial charge >= 0.3 is 5.97 Å². The number of carbonyl (C=O) groups excluding carboxylic acids is 2. The number of hydrogen-bond acceptors (Lipinski definition) is 4. The Balaban J connectivity index is 2.46. The molecule has 0 heterocycles. The van der Waals surface area contributed by atoms with Crippen molar-refractivity contribution in [1.82, 2.24) is 4.90 Å². The van der Waals surface area contributed by atoms with E-state index in [4.69, 9.17) is 4.74 Å². The lowest BCUT2D eigenvalue weighted by Crippen LogP contribution is -2.42. The summed E-state index contributed by atoms with van der Waals surface area (Å²) in [5.74, 6) is -0.304. The molecule has 5 heteroatoms. The summed E-state index contributed by atoms with van der Waals surface area (Å²) in [5, 5.41) is 0. The highest BCUT2D eigenvalue weighted by Crippen LogP contribution is 2.24. The fraction of sp³-hybridized carbons (Fsp3) is 0.857. The first-order valence-electron chi connectivity index (χ1n) is 7.13. The van der Waals surface area contributed by atoms with Crippen LogP contribution < -0.4 is 0 Å². The van der Waals surface area contributed by atoms with Crippen LogP contribution in [0.3, 0.4) is 0 Å². The van der Waals surface area contributed by atoms with Gasteiger partial charge in [-0.3, -0.25) is 9.59 Å². The minimum absolute atomic E-state index is 0.0389. The number of hydrogen-bond donors (Lipinski definition) is 0. The standard InChI is InChI=1S/C14H25NO4/c1-3-19-10-6-9-13(16)15(11-14(17)18-2)12-7-4-5-8-12/h12H,3-11H2,1-2H3. The van der Waals surface area contributed by atoms with Gasteiger partial charge in [-0.15, -0.1) is 0 Å². The zero-order valence-electron chi connectivity index (χ0n) is 12.0. The maximum absolute atomic E-state index is 12.2. The Bertz CT molecular complexity index is 287. The highest BCUT2D eigenvalue weighted by Gasteiger charge is 2.28. The van der Waals surface area contributed by atoms with Crippen LogP contribution in [0.4, 0.5) is 0 Å². The van der Waals surface area contributed by atoms with E-state index >= 15 is 0 Å². The van der Waals surface area contributed by atoms with Gasteiger partial charge < -0.3 is 14.4 Å². The smallest absolute Gasteiger partial charge is 0.325 e. The molecule has 0 radical (unpaired) electrons. The van der Waals surface area contributed by atoms with Crippen LogP contribution in [0.1, 0.15) is 45.4 Å². The number of carbonyl (C=O) groups is 2. The van der Waals surface area contributed by atoms with E-state index in [1.54, 1.807) is 4.90 Å². The summed E-state index contributed by atoms with van der Waals surface area (Å²) in [5.41, 5.74) is 0. The van der Waals surface area contributed by atoms with E-state index in [9.17, 15) is 9.59 Å². The number of esters is 1. The molecule has 0 atom stereocenters. The highest BCUT2D eigenvalue weighted by atomic mass is 16.5. The van der Waals surface area contributed by atoms with Gasteiger partial charge in [0.15, 0.2) is 0 Å². The first kappa shape index (κ1) is 16.0. The molecule has 1 rings (SSSR count).